The van der Waals surface area contributed by atoms with E-state index in [1.165, 1.54) is 23.8 Å². The number of carbonyl (C=O) groups excluding carboxylic acids is 2. The van der Waals surface area contributed by atoms with Gasteiger partial charge in [-0.05, 0) is 36.3 Å². The third-order valence-corrected chi connectivity index (χ3v) is 5.42. The van der Waals surface area contributed by atoms with E-state index in [4.69, 9.17) is 21.7 Å². The van der Waals surface area contributed by atoms with Crippen molar-refractivity contribution in [2.24, 2.45) is 0 Å². The number of methoxy groups -OCH3 is 1. The van der Waals surface area contributed by atoms with Crippen molar-refractivity contribution in [3.8, 4) is 5.75 Å². The van der Waals surface area contributed by atoms with Crippen molar-refractivity contribution in [3.63, 3.8) is 0 Å². The number of nitrogens with zero attached hydrogens (tertiary/aromatic N) is 1. The summed E-state index contributed by atoms with van der Waals surface area (Å²) in [4.78, 5) is 27.3. The second-order valence-corrected chi connectivity index (χ2v) is 7.57. The van der Waals surface area contributed by atoms with E-state index >= 15 is 0 Å². The first-order valence-electron chi connectivity index (χ1n) is 8.68. The Labute approximate surface area is 173 Å². The molecule has 28 heavy (non-hydrogen) atoms. The van der Waals surface area contributed by atoms with E-state index in [2.05, 4.69) is 0 Å². The molecule has 0 spiro atoms. The summed E-state index contributed by atoms with van der Waals surface area (Å²) in [5.74, 6) is -0.137. The number of thioether (sulfide) groups is 1. The van der Waals surface area contributed by atoms with Crippen LogP contribution in [0.2, 0.25) is 0 Å². The third kappa shape index (κ3) is 4.26. The molecule has 2 aromatic rings. The van der Waals surface area contributed by atoms with Crippen LogP contribution < -0.4 is 4.74 Å². The molecule has 0 bridgehead atoms. The van der Waals surface area contributed by atoms with Gasteiger partial charge in [0.2, 0.25) is 0 Å². The molecule has 7 heteroatoms. The van der Waals surface area contributed by atoms with Gasteiger partial charge < -0.3 is 9.47 Å². The summed E-state index contributed by atoms with van der Waals surface area (Å²) in [5, 5.41) is 0. The Hall–Kier alpha value is -2.64. The van der Waals surface area contributed by atoms with E-state index in [9.17, 15) is 9.59 Å². The van der Waals surface area contributed by atoms with Crippen molar-refractivity contribution < 1.29 is 19.1 Å². The fourth-order valence-electron chi connectivity index (χ4n) is 2.85. The molecular weight excluding hydrogens is 394 g/mol. The average Bonchev–Trinajstić information content (AvgIpc) is 2.97. The number of esters is 1. The Morgan fingerprint density at radius 1 is 1.21 bits per heavy atom. The van der Waals surface area contributed by atoms with E-state index in [-0.39, 0.29) is 5.91 Å². The second kappa shape index (κ2) is 9.03. The Bertz CT molecular complexity index is 927. The molecule has 144 valence electrons. The summed E-state index contributed by atoms with van der Waals surface area (Å²) in [5.41, 5.74) is 1.46. The fraction of sp³-hybridized carbons (Fsp3) is 0.190. The van der Waals surface area contributed by atoms with Gasteiger partial charge in [-0.1, -0.05) is 66.4 Å². The van der Waals surface area contributed by atoms with E-state index in [0.717, 1.165) is 11.3 Å². The minimum absolute atomic E-state index is 0.316. The molecule has 0 saturated carbocycles. The van der Waals surface area contributed by atoms with Crippen LogP contribution in [0.25, 0.3) is 6.08 Å². The van der Waals surface area contributed by atoms with E-state index < -0.39 is 12.0 Å². The Morgan fingerprint density at radius 3 is 2.64 bits per heavy atom. The van der Waals surface area contributed by atoms with Crippen molar-refractivity contribution in [2.75, 3.05) is 13.7 Å². The third-order valence-electron chi connectivity index (χ3n) is 4.09. The zero-order valence-corrected chi connectivity index (χ0v) is 17.1. The first kappa shape index (κ1) is 20.1. The molecule has 1 fully saturated rings. The molecule has 1 aliphatic rings. The first-order valence-corrected chi connectivity index (χ1v) is 9.90. The lowest BCUT2D eigenvalue weighted by molar-refractivity contribution is -0.148. The van der Waals surface area contributed by atoms with Gasteiger partial charge >= 0.3 is 5.97 Å². The number of ether oxygens (including phenoxy) is 2. The molecule has 5 nitrogen and oxygen atoms in total. The molecule has 0 radical (unpaired) electrons. The molecule has 0 aliphatic carbocycles. The van der Waals surface area contributed by atoms with Crippen molar-refractivity contribution in [3.05, 3.63) is 70.6 Å². The topological polar surface area (TPSA) is 55.8 Å². The molecule has 3 rings (SSSR count). The molecule has 0 N–H and O–H groups in total. The van der Waals surface area contributed by atoms with Crippen molar-refractivity contribution in [1.29, 1.82) is 0 Å². The zero-order chi connectivity index (χ0) is 20.1. The van der Waals surface area contributed by atoms with Gasteiger partial charge in [0.05, 0.1) is 18.6 Å². The largest absolute Gasteiger partial charge is 0.494 e. The number of rotatable bonds is 6. The van der Waals surface area contributed by atoms with Crippen LogP contribution in [-0.4, -0.2) is 34.8 Å². The van der Waals surface area contributed by atoms with Crippen LogP contribution >= 0.6 is 24.0 Å². The number of carbonyl (C=O) groups is 2. The maximum Gasteiger partial charge on any atom is 0.333 e. The molecule has 2 aromatic carbocycles. The van der Waals surface area contributed by atoms with Gasteiger partial charge in [0.15, 0.2) is 6.04 Å². The fourth-order valence-corrected chi connectivity index (χ4v) is 4.17. The van der Waals surface area contributed by atoms with E-state index in [0.29, 0.717) is 21.4 Å². The van der Waals surface area contributed by atoms with Crippen molar-refractivity contribution in [2.45, 2.75) is 13.0 Å². The first-order chi connectivity index (χ1) is 13.5. The monoisotopic (exact) mass is 413 g/mol. The van der Waals surface area contributed by atoms with Crippen LogP contribution in [0.4, 0.5) is 0 Å². The number of hydrogen-bond acceptors (Lipinski definition) is 6. The summed E-state index contributed by atoms with van der Waals surface area (Å²) in [7, 11) is 1.30. The second-order valence-electron chi connectivity index (χ2n) is 5.89. The smallest absolute Gasteiger partial charge is 0.333 e. The van der Waals surface area contributed by atoms with Crippen molar-refractivity contribution in [1.82, 2.24) is 4.90 Å². The zero-order valence-electron chi connectivity index (χ0n) is 15.5. The standard InChI is InChI=1S/C21H19NO4S2/c1-3-26-16-11-7-8-14(12-16)13-17-19(23)22(21(27)28-17)18(20(24)25-2)15-9-5-4-6-10-15/h4-13,18H,3H2,1-2H3/b17-13+. The summed E-state index contributed by atoms with van der Waals surface area (Å²) in [6, 6.07) is 15.5. The molecule has 1 amide bonds. The highest BCUT2D eigenvalue weighted by Gasteiger charge is 2.41. The molecular formula is C21H19NO4S2. The number of benzene rings is 2. The molecule has 1 heterocycles. The van der Waals surface area contributed by atoms with E-state index in [1.807, 2.05) is 37.3 Å². The molecule has 1 atom stereocenters. The summed E-state index contributed by atoms with van der Waals surface area (Å²) in [6.45, 7) is 2.47. The normalized spacial score (nSPS) is 16.4. The van der Waals surface area contributed by atoms with Gasteiger partial charge in [0.1, 0.15) is 10.1 Å². The van der Waals surface area contributed by atoms with Gasteiger partial charge in [0.25, 0.3) is 5.91 Å². The van der Waals surface area contributed by atoms with Crippen LogP contribution in [0.5, 0.6) is 5.75 Å². The lowest BCUT2D eigenvalue weighted by atomic mass is 10.1. The minimum atomic E-state index is -0.917. The van der Waals surface area contributed by atoms with Crippen molar-refractivity contribution >= 4 is 46.3 Å². The van der Waals surface area contributed by atoms with Gasteiger partial charge in [-0.15, -0.1) is 0 Å². The SMILES string of the molecule is CCOc1cccc(/C=C2/SC(=S)N(C(C(=O)OC)c3ccccc3)C2=O)c1. The maximum absolute atomic E-state index is 13.1. The quantitative estimate of drug-likeness (QED) is 0.402. The number of amides is 1. The van der Waals surface area contributed by atoms with Crippen LogP contribution in [0.3, 0.4) is 0 Å². The highest BCUT2D eigenvalue weighted by atomic mass is 32.2. The highest BCUT2D eigenvalue weighted by molar-refractivity contribution is 8.26. The van der Waals surface area contributed by atoms with Crippen LogP contribution in [0.1, 0.15) is 24.1 Å². The highest BCUT2D eigenvalue weighted by Crippen LogP contribution is 2.38. The summed E-state index contributed by atoms with van der Waals surface area (Å²) < 4.78 is 10.8. The van der Waals surface area contributed by atoms with Gasteiger partial charge in [0, 0.05) is 0 Å². The van der Waals surface area contributed by atoms with Gasteiger partial charge in [-0.2, -0.15) is 0 Å². The maximum atomic E-state index is 13.1. The Balaban J connectivity index is 1.94. The Morgan fingerprint density at radius 2 is 1.96 bits per heavy atom. The molecule has 1 unspecified atom stereocenters. The van der Waals surface area contributed by atoms with Crippen LogP contribution in [0, 0.1) is 0 Å². The summed E-state index contributed by atoms with van der Waals surface area (Å²) >= 11 is 6.58. The lowest BCUT2D eigenvalue weighted by Crippen LogP contribution is -2.37. The number of hydrogen-bond donors (Lipinski definition) is 0. The summed E-state index contributed by atoms with van der Waals surface area (Å²) in [6.07, 6.45) is 1.75. The Kier molecular flexibility index (Phi) is 6.49. The molecule has 1 saturated heterocycles. The molecule has 0 aromatic heterocycles. The lowest BCUT2D eigenvalue weighted by Gasteiger charge is -2.24. The molecule has 1 aliphatic heterocycles. The van der Waals surface area contributed by atoms with Crippen LogP contribution in [-0.2, 0) is 14.3 Å². The minimum Gasteiger partial charge on any atom is -0.494 e. The average molecular weight is 414 g/mol. The van der Waals surface area contributed by atoms with Gasteiger partial charge in [-0.25, -0.2) is 4.79 Å². The van der Waals surface area contributed by atoms with E-state index in [1.54, 1.807) is 30.3 Å². The van der Waals surface area contributed by atoms with Gasteiger partial charge in [-0.3, -0.25) is 9.69 Å². The predicted octanol–water partition coefficient (Wildman–Crippen LogP) is 4.20. The predicted molar refractivity (Wildman–Crippen MR) is 114 cm³/mol. The number of thiocarbonyl (C=S) groups is 1. The van der Waals surface area contributed by atoms with Crippen LogP contribution in [0.15, 0.2) is 59.5 Å².